The van der Waals surface area contributed by atoms with Crippen LogP contribution in [0.25, 0.3) is 0 Å². The largest absolute Gasteiger partial charge is 0.357 e. The first-order chi connectivity index (χ1) is 7.67. The third kappa shape index (κ3) is 3.81. The van der Waals surface area contributed by atoms with E-state index in [0.717, 1.165) is 31.2 Å². The van der Waals surface area contributed by atoms with Gasteiger partial charge in [0.15, 0.2) is 5.96 Å². The van der Waals surface area contributed by atoms with Crippen molar-refractivity contribution in [2.45, 2.75) is 27.2 Å². The predicted molar refractivity (Wildman–Crippen MR) is 70.3 cm³/mol. The maximum absolute atomic E-state index is 4.50. The Bertz CT molecular complexity index is 337. The van der Waals surface area contributed by atoms with Crippen LogP contribution in [-0.2, 0) is 6.42 Å². The molecule has 1 aromatic heterocycles. The Morgan fingerprint density at radius 1 is 1.38 bits per heavy atom. The first-order valence-corrected chi connectivity index (χ1v) is 6.36. The van der Waals surface area contributed by atoms with Crippen molar-refractivity contribution in [3.8, 4) is 0 Å². The van der Waals surface area contributed by atoms with Crippen LogP contribution in [0.15, 0.2) is 4.99 Å². The number of aromatic nitrogens is 1. The van der Waals surface area contributed by atoms with Crippen molar-refractivity contribution in [3.05, 3.63) is 15.6 Å². The molecule has 2 N–H and O–H groups in total. The molecule has 4 nitrogen and oxygen atoms in total. The van der Waals surface area contributed by atoms with Crippen molar-refractivity contribution in [1.29, 1.82) is 0 Å². The molecule has 0 aliphatic heterocycles. The van der Waals surface area contributed by atoms with E-state index in [4.69, 9.17) is 0 Å². The third-order valence-corrected chi connectivity index (χ3v) is 3.40. The quantitative estimate of drug-likeness (QED) is 0.619. The van der Waals surface area contributed by atoms with Crippen LogP contribution in [0.3, 0.4) is 0 Å². The lowest BCUT2D eigenvalue weighted by Crippen LogP contribution is -2.38. The summed E-state index contributed by atoms with van der Waals surface area (Å²) in [5.41, 5.74) is 1.15. The maximum Gasteiger partial charge on any atom is 0.190 e. The summed E-state index contributed by atoms with van der Waals surface area (Å²) in [6.07, 6.45) is 0.948. The molecule has 0 fully saturated rings. The summed E-state index contributed by atoms with van der Waals surface area (Å²) in [5.74, 6) is 0.854. The summed E-state index contributed by atoms with van der Waals surface area (Å²) in [6.45, 7) is 7.98. The molecule has 0 saturated carbocycles. The van der Waals surface area contributed by atoms with Gasteiger partial charge in [-0.15, -0.1) is 11.3 Å². The monoisotopic (exact) mass is 240 g/mol. The van der Waals surface area contributed by atoms with E-state index in [-0.39, 0.29) is 0 Å². The zero-order valence-corrected chi connectivity index (χ0v) is 11.2. The molecule has 0 aliphatic rings. The number of nitrogens with zero attached hydrogens (tertiary/aromatic N) is 2. The van der Waals surface area contributed by atoms with E-state index in [1.54, 1.807) is 18.4 Å². The van der Waals surface area contributed by atoms with Crippen molar-refractivity contribution < 1.29 is 0 Å². The highest BCUT2D eigenvalue weighted by Gasteiger charge is 2.03. The Hall–Kier alpha value is -1.10. The molecule has 0 aromatic carbocycles. The molecule has 0 unspecified atom stereocenters. The Kier molecular flexibility index (Phi) is 5.25. The highest BCUT2D eigenvalue weighted by atomic mass is 32.1. The SMILES string of the molecule is CCNC(=NC)NCCc1nc(C)c(C)s1. The molecule has 1 heterocycles. The van der Waals surface area contributed by atoms with Gasteiger partial charge in [0, 0.05) is 31.4 Å². The van der Waals surface area contributed by atoms with Crippen LogP contribution in [0.5, 0.6) is 0 Å². The van der Waals surface area contributed by atoms with Crippen LogP contribution in [0, 0.1) is 13.8 Å². The first-order valence-electron chi connectivity index (χ1n) is 5.54. The number of aliphatic imine (C=N–C) groups is 1. The van der Waals surface area contributed by atoms with Crippen LogP contribution >= 0.6 is 11.3 Å². The number of nitrogens with one attached hydrogen (secondary N) is 2. The standard InChI is InChI=1S/C11H20N4S/c1-5-13-11(12-4)14-7-6-10-15-8(2)9(3)16-10/h5-7H2,1-4H3,(H2,12,13,14). The molecular weight excluding hydrogens is 220 g/mol. The Morgan fingerprint density at radius 3 is 2.62 bits per heavy atom. The van der Waals surface area contributed by atoms with Gasteiger partial charge >= 0.3 is 0 Å². The Labute approximate surface area is 101 Å². The smallest absolute Gasteiger partial charge is 0.190 e. The lowest BCUT2D eigenvalue weighted by atomic mass is 10.4. The minimum atomic E-state index is 0.854. The molecule has 16 heavy (non-hydrogen) atoms. The molecule has 0 spiro atoms. The van der Waals surface area contributed by atoms with Gasteiger partial charge in [-0.2, -0.15) is 0 Å². The molecule has 0 aliphatic carbocycles. The molecule has 90 valence electrons. The number of guanidine groups is 1. The number of thiazole rings is 1. The van der Waals surface area contributed by atoms with E-state index in [0.29, 0.717) is 0 Å². The minimum absolute atomic E-state index is 0.854. The zero-order valence-electron chi connectivity index (χ0n) is 10.4. The van der Waals surface area contributed by atoms with E-state index >= 15 is 0 Å². The normalized spacial score (nSPS) is 11.6. The second kappa shape index (κ2) is 6.48. The molecule has 1 aromatic rings. The zero-order chi connectivity index (χ0) is 12.0. The Morgan fingerprint density at radius 2 is 2.12 bits per heavy atom. The lowest BCUT2D eigenvalue weighted by Gasteiger charge is -2.08. The maximum atomic E-state index is 4.50. The van der Waals surface area contributed by atoms with Crippen molar-refractivity contribution in [2.75, 3.05) is 20.1 Å². The average Bonchev–Trinajstić information content (AvgIpc) is 2.57. The molecule has 1 rings (SSSR count). The third-order valence-electron chi connectivity index (χ3n) is 2.27. The first kappa shape index (κ1) is 13.0. The predicted octanol–water partition coefficient (Wildman–Crippen LogP) is 1.49. The fourth-order valence-corrected chi connectivity index (χ4v) is 2.26. The second-order valence-electron chi connectivity index (χ2n) is 3.53. The number of hydrogen-bond acceptors (Lipinski definition) is 3. The van der Waals surface area contributed by atoms with Gasteiger partial charge in [0.05, 0.1) is 10.7 Å². The van der Waals surface area contributed by atoms with Crippen LogP contribution in [0.2, 0.25) is 0 Å². The average molecular weight is 240 g/mol. The van der Waals surface area contributed by atoms with E-state index in [2.05, 4.69) is 41.4 Å². The fourth-order valence-electron chi connectivity index (χ4n) is 1.32. The topological polar surface area (TPSA) is 49.3 Å². The number of hydrogen-bond donors (Lipinski definition) is 2. The van der Waals surface area contributed by atoms with Gasteiger partial charge in [0.1, 0.15) is 0 Å². The molecule has 0 saturated heterocycles. The van der Waals surface area contributed by atoms with Gasteiger partial charge in [-0.1, -0.05) is 0 Å². The summed E-state index contributed by atoms with van der Waals surface area (Å²) < 4.78 is 0. The summed E-state index contributed by atoms with van der Waals surface area (Å²) in [6, 6.07) is 0. The van der Waals surface area contributed by atoms with Gasteiger partial charge in [0.2, 0.25) is 0 Å². The molecule has 0 radical (unpaired) electrons. The number of rotatable bonds is 4. The second-order valence-corrected chi connectivity index (χ2v) is 4.82. The lowest BCUT2D eigenvalue weighted by molar-refractivity contribution is 0.805. The van der Waals surface area contributed by atoms with Crippen LogP contribution < -0.4 is 10.6 Å². The molecular formula is C11H20N4S. The molecule has 0 bridgehead atoms. The summed E-state index contributed by atoms with van der Waals surface area (Å²) in [4.78, 5) is 9.92. The van der Waals surface area contributed by atoms with E-state index < -0.39 is 0 Å². The van der Waals surface area contributed by atoms with Crippen molar-refractivity contribution >= 4 is 17.3 Å². The summed E-state index contributed by atoms with van der Waals surface area (Å²) >= 11 is 1.78. The van der Waals surface area contributed by atoms with Gasteiger partial charge < -0.3 is 10.6 Å². The van der Waals surface area contributed by atoms with Crippen LogP contribution in [0.4, 0.5) is 0 Å². The van der Waals surface area contributed by atoms with E-state index in [9.17, 15) is 0 Å². The number of aryl methyl sites for hydroxylation is 2. The van der Waals surface area contributed by atoms with Crippen LogP contribution in [-0.4, -0.2) is 31.1 Å². The highest BCUT2D eigenvalue weighted by molar-refractivity contribution is 7.11. The Balaban J connectivity index is 2.35. The summed E-state index contributed by atoms with van der Waals surface area (Å²) in [7, 11) is 1.78. The van der Waals surface area contributed by atoms with Gasteiger partial charge in [-0.3, -0.25) is 4.99 Å². The van der Waals surface area contributed by atoms with Crippen LogP contribution in [0.1, 0.15) is 22.5 Å². The molecule has 0 atom stereocenters. The van der Waals surface area contributed by atoms with E-state index in [1.807, 2.05) is 0 Å². The van der Waals surface area contributed by atoms with Crippen molar-refractivity contribution in [2.24, 2.45) is 4.99 Å². The minimum Gasteiger partial charge on any atom is -0.357 e. The molecule has 0 amide bonds. The molecule has 5 heteroatoms. The highest BCUT2D eigenvalue weighted by Crippen LogP contribution is 2.16. The van der Waals surface area contributed by atoms with Crippen molar-refractivity contribution in [3.63, 3.8) is 0 Å². The fraction of sp³-hybridized carbons (Fsp3) is 0.636. The summed E-state index contributed by atoms with van der Waals surface area (Å²) in [5, 5.41) is 7.60. The van der Waals surface area contributed by atoms with Gasteiger partial charge in [0.25, 0.3) is 0 Å². The van der Waals surface area contributed by atoms with Crippen molar-refractivity contribution in [1.82, 2.24) is 15.6 Å². The van der Waals surface area contributed by atoms with Gasteiger partial charge in [-0.05, 0) is 20.8 Å². The van der Waals surface area contributed by atoms with E-state index in [1.165, 1.54) is 9.88 Å². The van der Waals surface area contributed by atoms with Gasteiger partial charge in [-0.25, -0.2) is 4.98 Å².